The van der Waals surface area contributed by atoms with Gasteiger partial charge in [-0.25, -0.2) is 8.78 Å². The molecule has 0 saturated heterocycles. The van der Waals surface area contributed by atoms with Gasteiger partial charge in [-0.2, -0.15) is 0 Å². The molecule has 0 fully saturated rings. The second-order valence-electron chi connectivity index (χ2n) is 6.22. The van der Waals surface area contributed by atoms with E-state index in [1.54, 1.807) is 12.1 Å². The Hall–Kier alpha value is -2.63. The van der Waals surface area contributed by atoms with Gasteiger partial charge >= 0.3 is 0 Å². The molecular formula is C17H17F2NO3. The standard InChI is InChI=1S/C17H17F2NO3/c1-17(2,3)9-4-5-13(21)12(6-9)20-16(23)15-11(19)7-10(18)8-14(15)22/h4-8,21-22H,1-3H3,(H,20,23). The Morgan fingerprint density at radius 3 is 2.26 bits per heavy atom. The lowest BCUT2D eigenvalue weighted by Crippen LogP contribution is -2.16. The number of hydrogen-bond acceptors (Lipinski definition) is 3. The SMILES string of the molecule is CC(C)(C)c1ccc(O)c(NC(=O)c2c(O)cc(F)cc2F)c1. The molecule has 3 N–H and O–H groups in total. The van der Waals surface area contributed by atoms with Gasteiger partial charge in [-0.05, 0) is 23.1 Å². The number of rotatable bonds is 2. The number of halogens is 2. The number of nitrogens with one attached hydrogen (secondary N) is 1. The van der Waals surface area contributed by atoms with E-state index >= 15 is 0 Å². The summed E-state index contributed by atoms with van der Waals surface area (Å²) >= 11 is 0. The highest BCUT2D eigenvalue weighted by Crippen LogP contribution is 2.32. The summed E-state index contributed by atoms with van der Waals surface area (Å²) in [5.41, 5.74) is 0.00287. The van der Waals surface area contributed by atoms with Crippen LogP contribution in [0.4, 0.5) is 14.5 Å². The molecule has 0 aliphatic heterocycles. The van der Waals surface area contributed by atoms with Crippen LogP contribution in [0.3, 0.4) is 0 Å². The quantitative estimate of drug-likeness (QED) is 0.734. The van der Waals surface area contributed by atoms with E-state index in [1.165, 1.54) is 6.07 Å². The summed E-state index contributed by atoms with van der Waals surface area (Å²) in [6, 6.07) is 5.83. The molecule has 0 radical (unpaired) electrons. The van der Waals surface area contributed by atoms with Crippen LogP contribution in [0, 0.1) is 11.6 Å². The molecule has 2 aromatic rings. The van der Waals surface area contributed by atoms with Crippen LogP contribution >= 0.6 is 0 Å². The summed E-state index contributed by atoms with van der Waals surface area (Å²) < 4.78 is 26.7. The van der Waals surface area contributed by atoms with Gasteiger partial charge in [0, 0.05) is 12.1 Å². The summed E-state index contributed by atoms with van der Waals surface area (Å²) in [6.07, 6.45) is 0. The second kappa shape index (κ2) is 5.87. The first-order chi connectivity index (χ1) is 10.6. The largest absolute Gasteiger partial charge is 0.507 e. The monoisotopic (exact) mass is 321 g/mol. The van der Waals surface area contributed by atoms with E-state index in [0.29, 0.717) is 12.1 Å². The highest BCUT2D eigenvalue weighted by Gasteiger charge is 2.21. The van der Waals surface area contributed by atoms with Gasteiger partial charge in [-0.1, -0.05) is 26.8 Å². The number of hydrogen-bond donors (Lipinski definition) is 3. The molecular weight excluding hydrogens is 304 g/mol. The van der Waals surface area contributed by atoms with Gasteiger partial charge in [0.05, 0.1) is 5.69 Å². The minimum Gasteiger partial charge on any atom is -0.507 e. The van der Waals surface area contributed by atoms with Crippen molar-refractivity contribution in [3.8, 4) is 11.5 Å². The van der Waals surface area contributed by atoms with E-state index in [1.807, 2.05) is 20.8 Å². The summed E-state index contributed by atoms with van der Waals surface area (Å²) in [7, 11) is 0. The third kappa shape index (κ3) is 3.59. The number of amides is 1. The van der Waals surface area contributed by atoms with Crippen molar-refractivity contribution in [1.29, 1.82) is 0 Å². The van der Waals surface area contributed by atoms with E-state index < -0.39 is 28.9 Å². The van der Waals surface area contributed by atoms with Crippen LogP contribution in [0.2, 0.25) is 0 Å². The molecule has 2 rings (SSSR count). The summed E-state index contributed by atoms with van der Waals surface area (Å²) in [6.45, 7) is 5.86. The van der Waals surface area contributed by atoms with Crippen LogP contribution in [-0.2, 0) is 5.41 Å². The number of carbonyl (C=O) groups is 1. The molecule has 0 unspecified atom stereocenters. The minimum atomic E-state index is -1.19. The first kappa shape index (κ1) is 16.7. The molecule has 122 valence electrons. The minimum absolute atomic E-state index is 0.0746. The van der Waals surface area contributed by atoms with Crippen molar-refractivity contribution in [2.24, 2.45) is 0 Å². The fraction of sp³-hybridized carbons (Fsp3) is 0.235. The van der Waals surface area contributed by atoms with E-state index in [-0.39, 0.29) is 16.9 Å². The summed E-state index contributed by atoms with van der Waals surface area (Å²) in [5, 5.41) is 21.7. The van der Waals surface area contributed by atoms with Crippen LogP contribution < -0.4 is 5.32 Å². The maximum atomic E-state index is 13.7. The third-order valence-electron chi connectivity index (χ3n) is 3.37. The average Bonchev–Trinajstić information content (AvgIpc) is 2.38. The van der Waals surface area contributed by atoms with E-state index in [9.17, 15) is 23.8 Å². The van der Waals surface area contributed by atoms with Gasteiger partial charge in [0.2, 0.25) is 0 Å². The average molecular weight is 321 g/mol. The van der Waals surface area contributed by atoms with Crippen molar-refractivity contribution < 1.29 is 23.8 Å². The van der Waals surface area contributed by atoms with Crippen LogP contribution in [0.15, 0.2) is 30.3 Å². The van der Waals surface area contributed by atoms with Gasteiger partial charge in [-0.3, -0.25) is 4.79 Å². The fourth-order valence-electron chi connectivity index (χ4n) is 2.07. The van der Waals surface area contributed by atoms with Crippen molar-refractivity contribution in [2.75, 3.05) is 5.32 Å². The Morgan fingerprint density at radius 1 is 1.04 bits per heavy atom. The van der Waals surface area contributed by atoms with Crippen LogP contribution in [0.1, 0.15) is 36.7 Å². The highest BCUT2D eigenvalue weighted by molar-refractivity contribution is 6.07. The first-order valence-corrected chi connectivity index (χ1v) is 6.92. The number of carbonyl (C=O) groups excluding carboxylic acids is 1. The molecule has 0 heterocycles. The molecule has 0 saturated carbocycles. The predicted octanol–water partition coefficient (Wildman–Crippen LogP) is 3.93. The maximum absolute atomic E-state index is 13.7. The number of phenols is 2. The van der Waals surface area contributed by atoms with Gasteiger partial charge in [0.25, 0.3) is 5.91 Å². The Kier molecular flexibility index (Phi) is 4.27. The molecule has 4 nitrogen and oxygen atoms in total. The molecule has 0 aliphatic rings. The highest BCUT2D eigenvalue weighted by atomic mass is 19.1. The lowest BCUT2D eigenvalue weighted by molar-refractivity contribution is 0.102. The Morgan fingerprint density at radius 2 is 1.70 bits per heavy atom. The normalized spacial score (nSPS) is 11.3. The molecule has 0 aliphatic carbocycles. The lowest BCUT2D eigenvalue weighted by Gasteiger charge is -2.20. The molecule has 0 aromatic heterocycles. The van der Waals surface area contributed by atoms with Gasteiger partial charge in [0.15, 0.2) is 0 Å². The van der Waals surface area contributed by atoms with Gasteiger partial charge in [0.1, 0.15) is 28.7 Å². The lowest BCUT2D eigenvalue weighted by atomic mass is 9.87. The van der Waals surface area contributed by atoms with E-state index in [0.717, 1.165) is 5.56 Å². The smallest absolute Gasteiger partial charge is 0.262 e. The van der Waals surface area contributed by atoms with Crippen LogP contribution in [0.5, 0.6) is 11.5 Å². The zero-order valence-electron chi connectivity index (χ0n) is 12.9. The molecule has 2 aromatic carbocycles. The Labute approximate surface area is 132 Å². The van der Waals surface area contributed by atoms with Crippen molar-refractivity contribution >= 4 is 11.6 Å². The van der Waals surface area contributed by atoms with Gasteiger partial charge in [-0.15, -0.1) is 0 Å². The Bertz CT molecular complexity index is 744. The summed E-state index contributed by atoms with van der Waals surface area (Å²) in [4.78, 5) is 12.1. The van der Waals surface area contributed by atoms with E-state index in [2.05, 4.69) is 5.32 Å². The summed E-state index contributed by atoms with van der Waals surface area (Å²) in [5.74, 6) is -4.18. The number of aromatic hydroxyl groups is 2. The molecule has 0 bridgehead atoms. The van der Waals surface area contributed by atoms with Crippen LogP contribution in [0.25, 0.3) is 0 Å². The molecule has 0 atom stereocenters. The van der Waals surface area contributed by atoms with Crippen molar-refractivity contribution in [3.05, 3.63) is 53.1 Å². The van der Waals surface area contributed by atoms with Crippen molar-refractivity contribution in [1.82, 2.24) is 0 Å². The molecule has 1 amide bonds. The fourth-order valence-corrected chi connectivity index (χ4v) is 2.07. The first-order valence-electron chi connectivity index (χ1n) is 6.92. The molecule has 23 heavy (non-hydrogen) atoms. The number of anilines is 1. The number of benzene rings is 2. The van der Waals surface area contributed by atoms with E-state index in [4.69, 9.17) is 0 Å². The second-order valence-corrected chi connectivity index (χ2v) is 6.22. The van der Waals surface area contributed by atoms with Gasteiger partial charge < -0.3 is 15.5 Å². The zero-order chi connectivity index (χ0) is 17.4. The van der Waals surface area contributed by atoms with Crippen molar-refractivity contribution in [2.45, 2.75) is 26.2 Å². The Balaban J connectivity index is 2.38. The third-order valence-corrected chi connectivity index (χ3v) is 3.37. The molecule has 0 spiro atoms. The topological polar surface area (TPSA) is 69.6 Å². The predicted molar refractivity (Wildman–Crippen MR) is 82.8 cm³/mol. The zero-order valence-corrected chi connectivity index (χ0v) is 12.9. The van der Waals surface area contributed by atoms with Crippen molar-refractivity contribution in [3.63, 3.8) is 0 Å². The maximum Gasteiger partial charge on any atom is 0.262 e. The van der Waals surface area contributed by atoms with Crippen LogP contribution in [-0.4, -0.2) is 16.1 Å². The molecule has 6 heteroatoms. The number of phenolic OH excluding ortho intramolecular Hbond substituents is 2.